The summed E-state index contributed by atoms with van der Waals surface area (Å²) in [6.45, 7) is 6.54. The zero-order valence-corrected chi connectivity index (χ0v) is 19.9. The zero-order valence-electron chi connectivity index (χ0n) is 19.1. The monoisotopic (exact) mass is 504 g/mol. The molecule has 0 aromatic heterocycles. The quantitative estimate of drug-likeness (QED) is 0.335. The summed E-state index contributed by atoms with van der Waals surface area (Å²) in [5.41, 5.74) is -0.801. The summed E-state index contributed by atoms with van der Waals surface area (Å²) < 4.78 is 75.5. The zero-order chi connectivity index (χ0) is 25.3. The van der Waals surface area contributed by atoms with E-state index in [9.17, 15) is 31.8 Å². The van der Waals surface area contributed by atoms with Crippen molar-refractivity contribution < 1.29 is 50.7 Å². The molecule has 0 bridgehead atoms. The van der Waals surface area contributed by atoms with E-state index < -0.39 is 70.4 Å². The maximum atomic E-state index is 13.3. The van der Waals surface area contributed by atoms with Gasteiger partial charge in [-0.2, -0.15) is 17.5 Å². The standard InChI is InChI=1S/C19H31F3N2O8S/c1-5-29-8-9-30-12-15(25)31-14(19(20,21)22)7-11-33(28)10-6-13(16(26)24-33)23-17(27)32-18(2,3)4/h13-14H,5-12H2,1-4H3,(H,23,27)/t13-,14+,33+/m0/s1. The van der Waals surface area contributed by atoms with E-state index in [1.54, 1.807) is 27.7 Å². The predicted molar refractivity (Wildman–Crippen MR) is 111 cm³/mol. The van der Waals surface area contributed by atoms with Crippen LogP contribution < -0.4 is 5.32 Å². The number of nitrogens with one attached hydrogen (secondary N) is 1. The van der Waals surface area contributed by atoms with E-state index in [4.69, 9.17) is 14.2 Å². The molecule has 0 aliphatic carbocycles. The minimum atomic E-state index is -4.91. The van der Waals surface area contributed by atoms with Crippen molar-refractivity contribution >= 4 is 27.7 Å². The van der Waals surface area contributed by atoms with Gasteiger partial charge in [-0.15, -0.1) is 0 Å². The van der Waals surface area contributed by atoms with Crippen LogP contribution >= 0.6 is 0 Å². The molecule has 0 fully saturated rings. The largest absolute Gasteiger partial charge is 0.451 e. The van der Waals surface area contributed by atoms with Crippen molar-refractivity contribution in [1.82, 2.24) is 5.32 Å². The summed E-state index contributed by atoms with van der Waals surface area (Å²) >= 11 is 0. The fourth-order valence-corrected chi connectivity index (χ4v) is 4.65. The number of rotatable bonds is 11. The van der Waals surface area contributed by atoms with Crippen LogP contribution in [-0.4, -0.2) is 84.0 Å². The second-order valence-electron chi connectivity index (χ2n) is 8.16. The number of halogens is 3. The Morgan fingerprint density at radius 1 is 1.21 bits per heavy atom. The van der Waals surface area contributed by atoms with Crippen LogP contribution in [0.1, 0.15) is 40.5 Å². The second kappa shape index (κ2) is 12.5. The highest BCUT2D eigenvalue weighted by Gasteiger charge is 2.43. The minimum absolute atomic E-state index is 0.00688. The summed E-state index contributed by atoms with van der Waals surface area (Å²) in [6.07, 6.45) is -9.21. The van der Waals surface area contributed by atoms with Gasteiger partial charge in [0, 0.05) is 24.5 Å². The molecule has 33 heavy (non-hydrogen) atoms. The molecule has 1 heterocycles. The third-order valence-electron chi connectivity index (χ3n) is 4.10. The van der Waals surface area contributed by atoms with Gasteiger partial charge in [0.1, 0.15) is 18.2 Å². The highest BCUT2D eigenvalue weighted by atomic mass is 32.2. The van der Waals surface area contributed by atoms with Gasteiger partial charge in [0.25, 0.3) is 5.91 Å². The Morgan fingerprint density at radius 3 is 2.39 bits per heavy atom. The Morgan fingerprint density at radius 2 is 1.85 bits per heavy atom. The van der Waals surface area contributed by atoms with Crippen molar-refractivity contribution in [3.05, 3.63) is 0 Å². The fraction of sp³-hybridized carbons (Fsp3) is 0.842. The van der Waals surface area contributed by atoms with Crippen LogP contribution in [0.3, 0.4) is 0 Å². The number of hydrogen-bond acceptors (Lipinski definition) is 8. The molecule has 1 rings (SSSR count). The number of ether oxygens (including phenoxy) is 4. The molecular formula is C19H31F3N2O8S. The minimum Gasteiger partial charge on any atom is -0.451 e. The number of nitrogens with zero attached hydrogens (tertiary/aromatic N) is 1. The lowest BCUT2D eigenvalue weighted by Crippen LogP contribution is -2.46. The molecule has 3 atom stereocenters. The molecule has 0 aromatic carbocycles. The van der Waals surface area contributed by atoms with Crippen LogP contribution in [0.4, 0.5) is 18.0 Å². The normalized spacial score (nSPS) is 22.3. The van der Waals surface area contributed by atoms with E-state index in [2.05, 4.69) is 14.4 Å². The number of alkyl halides is 3. The molecule has 0 saturated carbocycles. The molecule has 0 spiro atoms. The first kappa shape index (κ1) is 29.1. The van der Waals surface area contributed by atoms with Gasteiger partial charge < -0.3 is 24.3 Å². The van der Waals surface area contributed by atoms with E-state index in [1.165, 1.54) is 0 Å². The van der Waals surface area contributed by atoms with Crippen molar-refractivity contribution in [2.24, 2.45) is 4.36 Å². The first-order valence-corrected chi connectivity index (χ1v) is 12.2. The molecule has 14 heteroatoms. The van der Waals surface area contributed by atoms with Crippen LogP contribution in [0.2, 0.25) is 0 Å². The van der Waals surface area contributed by atoms with E-state index in [0.717, 1.165) is 0 Å². The van der Waals surface area contributed by atoms with Crippen molar-refractivity contribution in [1.29, 1.82) is 0 Å². The van der Waals surface area contributed by atoms with Gasteiger partial charge >= 0.3 is 18.2 Å². The smallest absolute Gasteiger partial charge is 0.425 e. The van der Waals surface area contributed by atoms with E-state index in [-0.39, 0.29) is 25.4 Å². The molecule has 0 unspecified atom stereocenters. The average Bonchev–Trinajstić information content (AvgIpc) is 2.65. The Balaban J connectivity index is 2.66. The predicted octanol–water partition coefficient (Wildman–Crippen LogP) is 2.20. The number of carbonyl (C=O) groups excluding carboxylic acids is 3. The SMILES string of the molecule is CCOCCOCC(=O)O[C@H](CC[S@@]1(=O)=NC(=O)[C@@H](NC(=O)OC(C)(C)C)CC1)C(F)(F)F. The molecule has 2 amide bonds. The summed E-state index contributed by atoms with van der Waals surface area (Å²) in [5, 5.41) is 2.31. The van der Waals surface area contributed by atoms with Crippen LogP contribution in [-0.2, 0) is 38.3 Å². The number of carbonyl (C=O) groups is 3. The molecule has 0 aromatic rings. The van der Waals surface area contributed by atoms with Crippen LogP contribution in [0.5, 0.6) is 0 Å². The fourth-order valence-electron chi connectivity index (χ4n) is 2.62. The van der Waals surface area contributed by atoms with E-state index in [0.29, 0.717) is 6.61 Å². The molecule has 0 saturated heterocycles. The summed E-state index contributed by atoms with van der Waals surface area (Å²) in [4.78, 5) is 35.6. The number of esters is 1. The molecule has 1 N–H and O–H groups in total. The Kier molecular flexibility index (Phi) is 11.0. The van der Waals surface area contributed by atoms with Gasteiger partial charge in [-0.1, -0.05) is 0 Å². The van der Waals surface area contributed by atoms with Crippen molar-refractivity contribution in [2.45, 2.75) is 64.5 Å². The molecule has 192 valence electrons. The molecule has 1 aliphatic rings. The molecular weight excluding hydrogens is 473 g/mol. The first-order valence-electron chi connectivity index (χ1n) is 10.3. The first-order chi connectivity index (χ1) is 15.1. The third kappa shape index (κ3) is 11.7. The maximum absolute atomic E-state index is 13.3. The van der Waals surface area contributed by atoms with Crippen molar-refractivity contribution in [3.63, 3.8) is 0 Å². The van der Waals surface area contributed by atoms with Crippen molar-refractivity contribution in [2.75, 3.05) is 37.9 Å². The Hall–Kier alpha value is -1.93. The van der Waals surface area contributed by atoms with Gasteiger partial charge in [-0.25, -0.2) is 13.8 Å². The highest BCUT2D eigenvalue weighted by Crippen LogP contribution is 2.27. The summed E-state index contributed by atoms with van der Waals surface area (Å²) in [7, 11) is -3.32. The number of alkyl carbamates (subject to hydrolysis) is 1. The molecule has 1 aliphatic heterocycles. The van der Waals surface area contributed by atoms with Gasteiger partial charge in [0.15, 0.2) is 6.10 Å². The van der Waals surface area contributed by atoms with Gasteiger partial charge in [0.2, 0.25) is 0 Å². The summed E-state index contributed by atoms with van der Waals surface area (Å²) in [6, 6.07) is -1.08. The van der Waals surface area contributed by atoms with E-state index in [1.807, 2.05) is 0 Å². The lowest BCUT2D eigenvalue weighted by molar-refractivity contribution is -0.223. The Labute approximate surface area is 191 Å². The topological polar surface area (TPSA) is 130 Å². The number of hydrogen-bond donors (Lipinski definition) is 1. The lowest BCUT2D eigenvalue weighted by atomic mass is 10.2. The van der Waals surface area contributed by atoms with Gasteiger partial charge in [0.05, 0.1) is 22.9 Å². The third-order valence-corrected chi connectivity index (χ3v) is 6.36. The van der Waals surface area contributed by atoms with Gasteiger partial charge in [-0.05, 0) is 34.1 Å². The van der Waals surface area contributed by atoms with E-state index >= 15 is 0 Å². The van der Waals surface area contributed by atoms with Crippen LogP contribution in [0.15, 0.2) is 4.36 Å². The van der Waals surface area contributed by atoms with Gasteiger partial charge in [-0.3, -0.25) is 4.79 Å². The van der Waals surface area contributed by atoms with Crippen LogP contribution in [0.25, 0.3) is 0 Å². The highest BCUT2D eigenvalue weighted by molar-refractivity contribution is 7.93. The summed E-state index contributed by atoms with van der Waals surface area (Å²) in [5.74, 6) is -2.97. The molecule has 10 nitrogen and oxygen atoms in total. The average molecular weight is 505 g/mol. The van der Waals surface area contributed by atoms with Crippen molar-refractivity contribution in [3.8, 4) is 0 Å². The lowest BCUT2D eigenvalue weighted by Gasteiger charge is -2.26. The number of amides is 2. The maximum Gasteiger partial charge on any atom is 0.425 e. The van der Waals surface area contributed by atoms with Crippen LogP contribution in [0, 0.1) is 0 Å². The Bertz CT molecular complexity index is 804. The second-order valence-corrected chi connectivity index (χ2v) is 10.7. The molecule has 0 radical (unpaired) electrons.